The van der Waals surface area contributed by atoms with Gasteiger partial charge in [-0.25, -0.2) is 4.68 Å². The third-order valence-electron chi connectivity index (χ3n) is 7.31. The van der Waals surface area contributed by atoms with Crippen LogP contribution in [0.2, 0.25) is 0 Å². The zero-order valence-electron chi connectivity index (χ0n) is 19.9. The number of aliphatic carboxylic acids is 1. The largest absolute Gasteiger partial charge is 0.481 e. The highest BCUT2D eigenvalue weighted by Gasteiger charge is 2.38. The minimum absolute atomic E-state index is 0.0166. The third-order valence-corrected chi connectivity index (χ3v) is 7.31. The Morgan fingerprint density at radius 1 is 1.11 bits per heavy atom. The normalized spacial score (nSPS) is 21.4. The lowest BCUT2D eigenvalue weighted by Gasteiger charge is -2.27. The van der Waals surface area contributed by atoms with Crippen molar-refractivity contribution in [1.29, 1.82) is 0 Å². The first kappa shape index (κ1) is 25.0. The van der Waals surface area contributed by atoms with Crippen LogP contribution in [0.3, 0.4) is 0 Å². The van der Waals surface area contributed by atoms with Crippen LogP contribution in [0.4, 0.5) is 13.2 Å². The van der Waals surface area contributed by atoms with Gasteiger partial charge in [-0.05, 0) is 62.8 Å². The molecule has 188 valence electrons. The number of allylic oxidation sites excluding steroid dienone is 1. The molecule has 0 aliphatic heterocycles. The topological polar surface area (TPSA) is 84.2 Å². The molecule has 1 aromatic heterocycles. The highest BCUT2D eigenvalue weighted by atomic mass is 19.4. The Morgan fingerprint density at radius 3 is 2.37 bits per heavy atom. The molecule has 2 aliphatic carbocycles. The number of benzene rings is 1. The summed E-state index contributed by atoms with van der Waals surface area (Å²) in [6.45, 7) is 3.76. The average molecular weight is 490 g/mol. The number of hydrogen-bond donors (Lipinski definition) is 2. The van der Waals surface area contributed by atoms with Gasteiger partial charge in [-0.3, -0.25) is 9.59 Å². The van der Waals surface area contributed by atoms with Gasteiger partial charge < -0.3 is 10.4 Å². The molecule has 1 fully saturated rings. The highest BCUT2D eigenvalue weighted by Crippen LogP contribution is 2.44. The van der Waals surface area contributed by atoms with Crippen LogP contribution < -0.4 is 5.32 Å². The van der Waals surface area contributed by atoms with E-state index >= 15 is 0 Å². The molecule has 9 heteroatoms. The fourth-order valence-electron chi connectivity index (χ4n) is 5.71. The molecule has 0 saturated heterocycles. The molecule has 2 N–H and O–H groups in total. The lowest BCUT2D eigenvalue weighted by Crippen LogP contribution is -2.37. The molecule has 2 aromatic rings. The van der Waals surface area contributed by atoms with E-state index in [0.717, 1.165) is 54.8 Å². The number of amides is 1. The zero-order chi connectivity index (χ0) is 25.4. The molecule has 2 unspecified atom stereocenters. The quantitative estimate of drug-likeness (QED) is 0.506. The molecule has 1 heterocycles. The first-order valence-corrected chi connectivity index (χ1v) is 11.9. The number of aromatic nitrogens is 2. The van der Waals surface area contributed by atoms with Crippen LogP contribution in [0, 0.1) is 19.3 Å². The average Bonchev–Trinajstić information content (AvgIpc) is 3.47. The van der Waals surface area contributed by atoms with Gasteiger partial charge in [-0.15, -0.1) is 0 Å². The Morgan fingerprint density at radius 2 is 1.77 bits per heavy atom. The van der Waals surface area contributed by atoms with Crippen LogP contribution in [0.5, 0.6) is 0 Å². The van der Waals surface area contributed by atoms with Crippen molar-refractivity contribution in [2.75, 3.05) is 0 Å². The Labute approximate surface area is 202 Å². The van der Waals surface area contributed by atoms with Gasteiger partial charge in [0.15, 0.2) is 0 Å². The molecule has 1 amide bonds. The fraction of sp³-hybridized carbons (Fsp3) is 0.500. The number of carboxylic acid groups (broad SMARTS) is 1. The summed E-state index contributed by atoms with van der Waals surface area (Å²) < 4.78 is 40.4. The summed E-state index contributed by atoms with van der Waals surface area (Å²) in [6, 6.07) is 4.76. The second-order valence-electron chi connectivity index (χ2n) is 9.90. The molecule has 4 rings (SSSR count). The number of carboxylic acids is 1. The van der Waals surface area contributed by atoms with E-state index in [-0.39, 0.29) is 30.7 Å². The van der Waals surface area contributed by atoms with Gasteiger partial charge in [0.1, 0.15) is 0 Å². The minimum Gasteiger partial charge on any atom is -0.481 e. The third kappa shape index (κ3) is 5.44. The predicted molar refractivity (Wildman–Crippen MR) is 124 cm³/mol. The van der Waals surface area contributed by atoms with E-state index in [4.69, 9.17) is 0 Å². The van der Waals surface area contributed by atoms with Gasteiger partial charge in [0.25, 0.3) is 0 Å². The summed E-state index contributed by atoms with van der Waals surface area (Å²) in [6.07, 6.45) is 3.91. The van der Waals surface area contributed by atoms with Gasteiger partial charge in [0.05, 0.1) is 23.4 Å². The molecule has 0 spiro atoms. The number of aryl methyl sites for hydroxylation is 1. The molecular weight excluding hydrogens is 459 g/mol. The van der Waals surface area contributed by atoms with Crippen molar-refractivity contribution in [1.82, 2.24) is 15.1 Å². The molecule has 6 nitrogen and oxygen atoms in total. The standard InChI is InChI=1S/C26H30F3N3O3/c1-16-24(17(2)32(31-16)21-9-6-19(7-10-21)26(27,28)29)18-5-8-20(13-18)30-22(33)14-25(15-23(34)35)11-3-4-12-25/h5-10,18,20H,3-4,11-15H2,1-2H3,(H,30,33)(H,34,35). The van der Waals surface area contributed by atoms with Crippen LogP contribution in [-0.4, -0.2) is 32.8 Å². The van der Waals surface area contributed by atoms with Crippen molar-refractivity contribution < 1.29 is 27.9 Å². The summed E-state index contributed by atoms with van der Waals surface area (Å²) >= 11 is 0. The Hall–Kier alpha value is -3.10. The molecule has 0 radical (unpaired) electrons. The summed E-state index contributed by atoms with van der Waals surface area (Å²) in [5, 5.41) is 16.9. The van der Waals surface area contributed by atoms with E-state index < -0.39 is 23.1 Å². The summed E-state index contributed by atoms with van der Waals surface area (Å²) in [5.74, 6) is -0.975. The first-order valence-electron chi connectivity index (χ1n) is 11.9. The smallest absolute Gasteiger partial charge is 0.416 e. The zero-order valence-corrected chi connectivity index (χ0v) is 19.9. The van der Waals surface area contributed by atoms with Gasteiger partial charge in [-0.1, -0.05) is 25.0 Å². The number of halogens is 3. The van der Waals surface area contributed by atoms with E-state index in [9.17, 15) is 27.9 Å². The van der Waals surface area contributed by atoms with Crippen LogP contribution in [0.15, 0.2) is 36.4 Å². The predicted octanol–water partition coefficient (Wildman–Crippen LogP) is 5.46. The van der Waals surface area contributed by atoms with Crippen molar-refractivity contribution >= 4 is 11.9 Å². The maximum absolute atomic E-state index is 12.9. The molecule has 0 bridgehead atoms. The number of carbonyl (C=O) groups excluding carboxylic acids is 1. The first-order chi connectivity index (χ1) is 16.5. The fourth-order valence-corrected chi connectivity index (χ4v) is 5.71. The summed E-state index contributed by atoms with van der Waals surface area (Å²) in [7, 11) is 0. The van der Waals surface area contributed by atoms with E-state index in [1.54, 1.807) is 4.68 Å². The molecule has 2 atom stereocenters. The highest BCUT2D eigenvalue weighted by molar-refractivity contribution is 5.78. The summed E-state index contributed by atoms with van der Waals surface area (Å²) in [4.78, 5) is 24.1. The second kappa shape index (κ2) is 9.51. The summed E-state index contributed by atoms with van der Waals surface area (Å²) in [5.41, 5.74) is 2.02. The van der Waals surface area contributed by atoms with Gasteiger partial charge >= 0.3 is 12.1 Å². The minimum atomic E-state index is -4.39. The van der Waals surface area contributed by atoms with E-state index in [1.807, 2.05) is 26.0 Å². The molecular formula is C26H30F3N3O3. The van der Waals surface area contributed by atoms with Gasteiger partial charge in [0, 0.05) is 29.6 Å². The number of nitrogens with one attached hydrogen (secondary N) is 1. The SMILES string of the molecule is Cc1nn(-c2ccc(C(F)(F)F)cc2)c(C)c1C1C=CC(NC(=O)CC2(CC(=O)O)CCCC2)C1. The van der Waals surface area contributed by atoms with Crippen molar-refractivity contribution in [3.8, 4) is 5.69 Å². The Kier molecular flexibility index (Phi) is 6.79. The molecule has 2 aliphatic rings. The number of alkyl halides is 3. The maximum atomic E-state index is 12.9. The van der Waals surface area contributed by atoms with Crippen molar-refractivity contribution in [2.24, 2.45) is 5.41 Å². The monoisotopic (exact) mass is 489 g/mol. The van der Waals surface area contributed by atoms with Gasteiger partial charge in [-0.2, -0.15) is 18.3 Å². The molecule has 1 saturated carbocycles. The van der Waals surface area contributed by atoms with Crippen molar-refractivity contribution in [3.63, 3.8) is 0 Å². The maximum Gasteiger partial charge on any atom is 0.416 e. The van der Waals surface area contributed by atoms with Crippen molar-refractivity contribution in [3.05, 3.63) is 58.9 Å². The van der Waals surface area contributed by atoms with E-state index in [2.05, 4.69) is 10.4 Å². The van der Waals surface area contributed by atoms with Crippen LogP contribution in [0.1, 0.15) is 73.4 Å². The van der Waals surface area contributed by atoms with Crippen molar-refractivity contribution in [2.45, 2.75) is 76.9 Å². The number of rotatable bonds is 7. The van der Waals surface area contributed by atoms with Crippen LogP contribution in [0.25, 0.3) is 5.69 Å². The lowest BCUT2D eigenvalue weighted by atomic mass is 9.79. The molecule has 35 heavy (non-hydrogen) atoms. The molecule has 1 aromatic carbocycles. The Balaban J connectivity index is 1.43. The van der Waals surface area contributed by atoms with Crippen LogP contribution >= 0.6 is 0 Å². The van der Waals surface area contributed by atoms with E-state index in [0.29, 0.717) is 12.1 Å². The second-order valence-corrected chi connectivity index (χ2v) is 9.90. The lowest BCUT2D eigenvalue weighted by molar-refractivity contribution is -0.140. The van der Waals surface area contributed by atoms with Gasteiger partial charge in [0.2, 0.25) is 5.91 Å². The number of hydrogen-bond acceptors (Lipinski definition) is 3. The Bertz CT molecular complexity index is 1130. The number of nitrogens with zero attached hydrogens (tertiary/aromatic N) is 2. The van der Waals surface area contributed by atoms with Crippen LogP contribution in [-0.2, 0) is 15.8 Å². The number of carbonyl (C=O) groups is 2. The van der Waals surface area contributed by atoms with E-state index in [1.165, 1.54) is 12.1 Å².